The number of rotatable bonds is 9. The first kappa shape index (κ1) is 24.4. The fraction of sp³-hybridized carbons (Fsp3) is 0.308. The molecule has 4 rings (SSSR count). The summed E-state index contributed by atoms with van der Waals surface area (Å²) in [6.07, 6.45) is 3.91. The number of anilines is 4. The summed E-state index contributed by atoms with van der Waals surface area (Å²) in [6.45, 7) is 2.08. The van der Waals surface area contributed by atoms with Crippen LogP contribution in [-0.4, -0.2) is 37.2 Å². The maximum atomic E-state index is 13.5. The van der Waals surface area contributed by atoms with Crippen LogP contribution in [0.15, 0.2) is 54.7 Å². The highest BCUT2D eigenvalue weighted by Gasteiger charge is 2.18. The molecule has 184 valence electrons. The molecule has 7 nitrogen and oxygen atoms in total. The largest absolute Gasteiger partial charge is 0.381 e. The van der Waals surface area contributed by atoms with Gasteiger partial charge in [0.1, 0.15) is 17.5 Å². The number of amides is 1. The molecule has 0 unspecified atom stereocenters. The van der Waals surface area contributed by atoms with Crippen molar-refractivity contribution in [3.8, 4) is 0 Å². The zero-order chi connectivity index (χ0) is 24.8. The molecule has 1 saturated heterocycles. The fourth-order valence-corrected chi connectivity index (χ4v) is 4.21. The van der Waals surface area contributed by atoms with E-state index in [1.807, 2.05) is 12.1 Å². The molecular weight excluding hydrogens is 452 g/mol. The topological polar surface area (TPSA) is 92.5 Å². The van der Waals surface area contributed by atoms with Crippen molar-refractivity contribution in [2.24, 2.45) is 5.73 Å². The number of nitrogens with one attached hydrogen (secondary N) is 2. The molecule has 2 heterocycles. The monoisotopic (exact) mass is 481 g/mol. The van der Waals surface area contributed by atoms with Crippen LogP contribution in [0.2, 0.25) is 0 Å². The number of hydrogen-bond donors (Lipinski definition) is 3. The Balaban J connectivity index is 1.46. The van der Waals surface area contributed by atoms with Gasteiger partial charge < -0.3 is 26.0 Å². The number of halogens is 2. The molecule has 1 amide bonds. The molecule has 0 bridgehead atoms. The van der Waals surface area contributed by atoms with Gasteiger partial charge in [0.05, 0.1) is 12.5 Å². The van der Waals surface area contributed by atoms with Gasteiger partial charge in [0, 0.05) is 67.7 Å². The average Bonchev–Trinajstić information content (AvgIpc) is 2.84. The average molecular weight is 482 g/mol. The van der Waals surface area contributed by atoms with Gasteiger partial charge in [0.25, 0.3) is 0 Å². The predicted molar refractivity (Wildman–Crippen MR) is 133 cm³/mol. The Kier molecular flexibility index (Phi) is 7.77. The summed E-state index contributed by atoms with van der Waals surface area (Å²) in [7, 11) is 1.76. The van der Waals surface area contributed by atoms with Crippen LogP contribution in [0.1, 0.15) is 24.0 Å². The molecule has 1 fully saturated rings. The number of nitrogens with zero attached hydrogens (tertiary/aromatic N) is 2. The number of ether oxygens (including phenoxy) is 1. The molecule has 9 heteroatoms. The van der Waals surface area contributed by atoms with E-state index < -0.39 is 17.5 Å². The Bertz CT molecular complexity index is 1140. The SMILES string of the molecule is COC1CCN(c2ccc(Nc3cc(NCc4cc(F)cc(F)c4)c(CC(N)=O)cn3)cc2)CC1. The molecule has 1 aliphatic heterocycles. The lowest BCUT2D eigenvalue weighted by atomic mass is 10.1. The number of primary amides is 1. The highest BCUT2D eigenvalue weighted by molar-refractivity contribution is 5.79. The summed E-state index contributed by atoms with van der Waals surface area (Å²) >= 11 is 0. The molecule has 3 aromatic rings. The molecule has 0 spiro atoms. The van der Waals surface area contributed by atoms with Gasteiger partial charge >= 0.3 is 0 Å². The number of carbonyl (C=O) groups excluding carboxylic acids is 1. The second-order valence-corrected chi connectivity index (χ2v) is 8.60. The summed E-state index contributed by atoms with van der Waals surface area (Å²) < 4.78 is 32.5. The minimum absolute atomic E-state index is 0.0123. The van der Waals surface area contributed by atoms with Crippen LogP contribution >= 0.6 is 0 Å². The molecule has 1 aliphatic rings. The number of methoxy groups -OCH3 is 1. The molecule has 0 radical (unpaired) electrons. The zero-order valence-corrected chi connectivity index (χ0v) is 19.6. The van der Waals surface area contributed by atoms with E-state index in [4.69, 9.17) is 10.5 Å². The first-order chi connectivity index (χ1) is 16.9. The molecular formula is C26H29F2N5O2. The summed E-state index contributed by atoms with van der Waals surface area (Å²) in [6, 6.07) is 13.2. The van der Waals surface area contributed by atoms with Gasteiger partial charge in [-0.1, -0.05) is 0 Å². The van der Waals surface area contributed by atoms with E-state index in [0.29, 0.717) is 28.7 Å². The van der Waals surface area contributed by atoms with Gasteiger partial charge in [-0.05, 0) is 54.8 Å². The number of aromatic nitrogens is 1. The van der Waals surface area contributed by atoms with Crippen molar-refractivity contribution in [1.82, 2.24) is 4.98 Å². The van der Waals surface area contributed by atoms with Crippen LogP contribution in [0.5, 0.6) is 0 Å². The maximum Gasteiger partial charge on any atom is 0.221 e. The third-order valence-electron chi connectivity index (χ3n) is 6.04. The van der Waals surface area contributed by atoms with Gasteiger partial charge in [-0.2, -0.15) is 0 Å². The van der Waals surface area contributed by atoms with Crippen LogP contribution in [-0.2, 0) is 22.5 Å². The highest BCUT2D eigenvalue weighted by Crippen LogP contribution is 2.26. The van der Waals surface area contributed by atoms with Crippen molar-refractivity contribution < 1.29 is 18.3 Å². The van der Waals surface area contributed by atoms with E-state index in [2.05, 4.69) is 32.7 Å². The van der Waals surface area contributed by atoms with Gasteiger partial charge in [0.15, 0.2) is 0 Å². The summed E-state index contributed by atoms with van der Waals surface area (Å²) in [5.74, 6) is -1.25. The maximum absolute atomic E-state index is 13.5. The third-order valence-corrected chi connectivity index (χ3v) is 6.04. The van der Waals surface area contributed by atoms with E-state index in [1.165, 1.54) is 12.1 Å². The highest BCUT2D eigenvalue weighted by atomic mass is 19.1. The van der Waals surface area contributed by atoms with Crippen molar-refractivity contribution in [2.75, 3.05) is 35.7 Å². The molecule has 0 aliphatic carbocycles. The number of pyridine rings is 1. The molecule has 0 atom stereocenters. The molecule has 35 heavy (non-hydrogen) atoms. The van der Waals surface area contributed by atoms with E-state index in [-0.39, 0.29) is 13.0 Å². The fourth-order valence-electron chi connectivity index (χ4n) is 4.21. The van der Waals surface area contributed by atoms with Gasteiger partial charge in [-0.3, -0.25) is 4.79 Å². The smallest absolute Gasteiger partial charge is 0.221 e. The first-order valence-electron chi connectivity index (χ1n) is 11.5. The molecule has 2 aromatic carbocycles. The number of hydrogen-bond acceptors (Lipinski definition) is 6. The second-order valence-electron chi connectivity index (χ2n) is 8.60. The number of benzene rings is 2. The van der Waals surface area contributed by atoms with Crippen LogP contribution in [0.4, 0.5) is 31.7 Å². The normalized spacial score (nSPS) is 14.1. The van der Waals surface area contributed by atoms with E-state index in [0.717, 1.165) is 43.4 Å². The first-order valence-corrected chi connectivity index (χ1v) is 11.5. The van der Waals surface area contributed by atoms with E-state index in [9.17, 15) is 13.6 Å². The molecule has 1 aromatic heterocycles. The van der Waals surface area contributed by atoms with Gasteiger partial charge in [-0.15, -0.1) is 0 Å². The lowest BCUT2D eigenvalue weighted by Crippen LogP contribution is -2.36. The minimum atomic E-state index is -0.650. The van der Waals surface area contributed by atoms with E-state index in [1.54, 1.807) is 19.4 Å². The van der Waals surface area contributed by atoms with Crippen LogP contribution in [0.3, 0.4) is 0 Å². The number of carbonyl (C=O) groups is 1. The van der Waals surface area contributed by atoms with E-state index >= 15 is 0 Å². The molecule has 4 N–H and O–H groups in total. The second kappa shape index (κ2) is 11.1. The lowest BCUT2D eigenvalue weighted by molar-refractivity contribution is -0.117. The van der Waals surface area contributed by atoms with Crippen LogP contribution < -0.4 is 21.3 Å². The Morgan fingerprint density at radius 2 is 1.80 bits per heavy atom. The van der Waals surface area contributed by atoms with Crippen molar-refractivity contribution in [2.45, 2.75) is 31.9 Å². The number of piperidine rings is 1. The van der Waals surface area contributed by atoms with Gasteiger partial charge in [0.2, 0.25) is 5.91 Å². The minimum Gasteiger partial charge on any atom is -0.381 e. The summed E-state index contributed by atoms with van der Waals surface area (Å²) in [5.41, 5.74) is 9.01. The van der Waals surface area contributed by atoms with Crippen molar-refractivity contribution in [3.05, 3.63) is 77.5 Å². The Hall–Kier alpha value is -3.72. The Morgan fingerprint density at radius 1 is 1.11 bits per heavy atom. The van der Waals surface area contributed by atoms with Crippen LogP contribution in [0, 0.1) is 11.6 Å². The quantitative estimate of drug-likeness (QED) is 0.421. The number of nitrogens with two attached hydrogens (primary N) is 1. The predicted octanol–water partition coefficient (Wildman–Crippen LogP) is 4.36. The van der Waals surface area contributed by atoms with Gasteiger partial charge in [-0.25, -0.2) is 13.8 Å². The Morgan fingerprint density at radius 3 is 2.43 bits per heavy atom. The standard InChI is InChI=1S/C26H29F2N5O2/c1-35-23-6-8-33(9-7-23)22-4-2-21(3-5-22)32-26-14-24(18(16-31-26)12-25(29)34)30-15-17-10-19(27)13-20(28)11-17/h2-5,10-11,13-14,16,23H,6-9,12,15H2,1H3,(H2,29,34)(H2,30,31,32). The molecule has 0 saturated carbocycles. The zero-order valence-electron chi connectivity index (χ0n) is 19.6. The summed E-state index contributed by atoms with van der Waals surface area (Å²) in [5, 5.41) is 6.40. The van der Waals surface area contributed by atoms with Crippen molar-refractivity contribution in [3.63, 3.8) is 0 Å². The van der Waals surface area contributed by atoms with Crippen LogP contribution in [0.25, 0.3) is 0 Å². The Labute approximate surface area is 203 Å². The van der Waals surface area contributed by atoms with Crippen molar-refractivity contribution >= 4 is 28.8 Å². The summed E-state index contributed by atoms with van der Waals surface area (Å²) in [4.78, 5) is 18.2. The lowest BCUT2D eigenvalue weighted by Gasteiger charge is -2.33. The third kappa shape index (κ3) is 6.66. The van der Waals surface area contributed by atoms with Crippen molar-refractivity contribution in [1.29, 1.82) is 0 Å².